The molecule has 0 saturated carbocycles. The summed E-state index contributed by atoms with van der Waals surface area (Å²) in [5.74, 6) is -0.605. The first-order chi connectivity index (χ1) is 13.8. The highest BCUT2D eigenvalue weighted by Gasteiger charge is 2.28. The van der Waals surface area contributed by atoms with E-state index >= 15 is 0 Å². The number of hydrogen-bond acceptors (Lipinski definition) is 6. The summed E-state index contributed by atoms with van der Waals surface area (Å²) in [4.78, 5) is 31.2. The molecule has 2 aliphatic heterocycles. The number of oxime groups is 1. The molecule has 0 spiro atoms. The zero-order chi connectivity index (χ0) is 22.0. The highest BCUT2D eigenvalue weighted by atomic mass is 19.1. The molecule has 3 N–H and O–H groups in total. The molecule has 2 aliphatic rings. The molecule has 3 atom stereocenters. The lowest BCUT2D eigenvalue weighted by Crippen LogP contribution is -2.33. The maximum atomic E-state index is 13.1. The van der Waals surface area contributed by atoms with Crippen LogP contribution in [0.4, 0.5) is 4.39 Å². The molecule has 8 nitrogen and oxygen atoms in total. The molecule has 3 rings (SSSR count). The van der Waals surface area contributed by atoms with Crippen LogP contribution in [0.25, 0.3) is 0 Å². The number of nitrogens with one attached hydrogen (secondary N) is 1. The average molecular weight is 409 g/mol. The van der Waals surface area contributed by atoms with Gasteiger partial charge in [-0.05, 0) is 43.0 Å². The zero-order valence-corrected chi connectivity index (χ0v) is 16.9. The number of carbonyl (C=O) groups is 2. The third-order valence-electron chi connectivity index (χ3n) is 4.06. The molecule has 160 valence electrons. The summed E-state index contributed by atoms with van der Waals surface area (Å²) < 4.78 is 18.3. The van der Waals surface area contributed by atoms with E-state index in [1.165, 1.54) is 19.2 Å². The van der Waals surface area contributed by atoms with Crippen LogP contribution in [0.1, 0.15) is 30.9 Å². The van der Waals surface area contributed by atoms with Gasteiger partial charge >= 0.3 is 0 Å². The molecule has 29 heavy (non-hydrogen) atoms. The minimum absolute atomic E-state index is 0.183. The van der Waals surface area contributed by atoms with Crippen molar-refractivity contribution in [2.75, 3.05) is 13.7 Å². The lowest BCUT2D eigenvalue weighted by molar-refractivity contribution is -0.140. The van der Waals surface area contributed by atoms with Gasteiger partial charge in [0.05, 0.1) is 19.4 Å². The molecule has 1 aromatic carbocycles. The number of nitrogens with two attached hydrogens (primary N) is 1. The number of hydrogen-bond donors (Lipinski definition) is 2. The van der Waals surface area contributed by atoms with Crippen LogP contribution >= 0.6 is 0 Å². The average Bonchev–Trinajstić information content (AvgIpc) is 3.33. The topological polar surface area (TPSA) is 112 Å². The quantitative estimate of drug-likeness (QED) is 0.584. The number of rotatable bonds is 4. The van der Waals surface area contributed by atoms with Gasteiger partial charge in [-0.1, -0.05) is 12.1 Å². The number of nitrogens with zero attached hydrogens (tertiary/aromatic N) is 1. The van der Waals surface area contributed by atoms with E-state index in [0.717, 1.165) is 12.0 Å². The number of carbonyl (C=O) groups excluding carboxylic acids is 2. The predicted octanol–water partition coefficient (Wildman–Crippen LogP) is 2.00. The second-order valence-electron chi connectivity index (χ2n) is 6.59. The normalized spacial score (nSPS) is 22.2. The number of ether oxygens (including phenoxy) is 1. The molecule has 0 radical (unpaired) electrons. The standard InChI is InChI=1S/C11H11FN2O2.C7H13NO3.C2H4/c1-6-2-7(4-8(12)3-6)9-5-10(11(13)15)16-14-9;1-5-3-6(11-4-5)7(9)8-10-2;1-2/h2-4,10H,5H2,1H3,(H2,13,15);5-6H,3-4H2,1-2H3,(H,8,9);1-2H2/t;5?,6-;/m.1./s1. The van der Waals surface area contributed by atoms with Gasteiger partial charge in [0, 0.05) is 12.0 Å². The van der Waals surface area contributed by atoms with Crippen LogP contribution in [0, 0.1) is 18.7 Å². The smallest absolute Gasteiger partial charge is 0.272 e. The van der Waals surface area contributed by atoms with E-state index in [1.807, 2.05) is 0 Å². The first kappa shape index (κ1) is 24.3. The highest BCUT2D eigenvalue weighted by molar-refractivity contribution is 6.04. The fraction of sp³-hybridized carbons (Fsp3) is 0.450. The molecule has 2 heterocycles. The maximum absolute atomic E-state index is 13.1. The number of hydroxylamine groups is 1. The number of amides is 2. The van der Waals surface area contributed by atoms with Crippen molar-refractivity contribution in [1.29, 1.82) is 0 Å². The van der Waals surface area contributed by atoms with Gasteiger partial charge in [-0.2, -0.15) is 0 Å². The van der Waals surface area contributed by atoms with Crippen LogP contribution in [0.15, 0.2) is 36.5 Å². The number of benzene rings is 1. The van der Waals surface area contributed by atoms with Crippen molar-refractivity contribution >= 4 is 17.5 Å². The molecule has 1 saturated heterocycles. The number of halogens is 1. The first-order valence-electron chi connectivity index (χ1n) is 9.04. The van der Waals surface area contributed by atoms with Gasteiger partial charge in [0.25, 0.3) is 11.8 Å². The molecule has 2 unspecified atom stereocenters. The Morgan fingerprint density at radius 1 is 1.31 bits per heavy atom. The van der Waals surface area contributed by atoms with E-state index in [4.69, 9.17) is 15.3 Å². The van der Waals surface area contributed by atoms with Gasteiger partial charge in [0.15, 0.2) is 0 Å². The van der Waals surface area contributed by atoms with Crippen LogP contribution in [0.2, 0.25) is 0 Å². The lowest BCUT2D eigenvalue weighted by Gasteiger charge is -2.07. The van der Waals surface area contributed by atoms with Gasteiger partial charge in [0.2, 0.25) is 6.10 Å². The van der Waals surface area contributed by atoms with Crippen LogP contribution < -0.4 is 11.2 Å². The number of primary amides is 1. The second-order valence-corrected chi connectivity index (χ2v) is 6.59. The van der Waals surface area contributed by atoms with Crippen molar-refractivity contribution in [1.82, 2.24) is 5.48 Å². The third kappa shape index (κ3) is 7.63. The van der Waals surface area contributed by atoms with Crippen molar-refractivity contribution in [3.05, 3.63) is 48.3 Å². The summed E-state index contributed by atoms with van der Waals surface area (Å²) in [7, 11) is 1.41. The summed E-state index contributed by atoms with van der Waals surface area (Å²) in [6.07, 6.45) is 0.0245. The minimum Gasteiger partial charge on any atom is -0.382 e. The van der Waals surface area contributed by atoms with Crippen LogP contribution in [0.3, 0.4) is 0 Å². The van der Waals surface area contributed by atoms with Crippen molar-refractivity contribution in [2.45, 2.75) is 38.9 Å². The molecule has 1 fully saturated rings. The Hall–Kier alpha value is -2.78. The number of aryl methyl sites for hydroxylation is 1. The van der Waals surface area contributed by atoms with Gasteiger partial charge in [0.1, 0.15) is 11.9 Å². The SMILES string of the molecule is C=C.CONC(=O)[C@H]1CC(C)CO1.Cc1cc(F)cc(C2=NOC(C(N)=O)C2)c1. The van der Waals surface area contributed by atoms with E-state index in [9.17, 15) is 14.0 Å². The molecule has 0 bridgehead atoms. The predicted molar refractivity (Wildman–Crippen MR) is 106 cm³/mol. The first-order valence-corrected chi connectivity index (χ1v) is 9.04. The summed E-state index contributed by atoms with van der Waals surface area (Å²) in [6, 6.07) is 4.57. The summed E-state index contributed by atoms with van der Waals surface area (Å²) >= 11 is 0. The van der Waals surface area contributed by atoms with Gasteiger partial charge in [-0.15, -0.1) is 13.2 Å². The van der Waals surface area contributed by atoms with E-state index in [-0.39, 0.29) is 24.2 Å². The Bertz CT molecular complexity index is 721. The van der Waals surface area contributed by atoms with Crippen LogP contribution in [-0.4, -0.2) is 43.5 Å². The second kappa shape index (κ2) is 11.9. The fourth-order valence-corrected chi connectivity index (χ4v) is 2.73. The Morgan fingerprint density at radius 2 is 2.00 bits per heavy atom. The van der Waals surface area contributed by atoms with Gasteiger partial charge in [-0.25, -0.2) is 9.87 Å². The Labute approximate surface area is 169 Å². The van der Waals surface area contributed by atoms with Crippen LogP contribution in [0.5, 0.6) is 0 Å². The van der Waals surface area contributed by atoms with Gasteiger partial charge in [-0.3, -0.25) is 14.4 Å². The highest BCUT2D eigenvalue weighted by Crippen LogP contribution is 2.19. The molecular weight excluding hydrogens is 381 g/mol. The molecule has 9 heteroatoms. The van der Waals surface area contributed by atoms with Crippen LogP contribution in [-0.2, 0) is 24.0 Å². The van der Waals surface area contributed by atoms with E-state index in [0.29, 0.717) is 23.8 Å². The minimum atomic E-state index is -0.737. The fourth-order valence-electron chi connectivity index (χ4n) is 2.73. The summed E-state index contributed by atoms with van der Waals surface area (Å²) in [5.41, 5.74) is 9.30. The van der Waals surface area contributed by atoms with Crippen molar-refractivity contribution < 1.29 is 28.4 Å². The van der Waals surface area contributed by atoms with Gasteiger partial charge < -0.3 is 15.3 Å². The maximum Gasteiger partial charge on any atom is 0.272 e. The Balaban J connectivity index is 0.000000284. The van der Waals surface area contributed by atoms with Crippen molar-refractivity contribution in [2.24, 2.45) is 16.8 Å². The van der Waals surface area contributed by atoms with E-state index in [1.54, 1.807) is 13.0 Å². The van der Waals surface area contributed by atoms with Crippen molar-refractivity contribution in [3.63, 3.8) is 0 Å². The zero-order valence-electron chi connectivity index (χ0n) is 16.9. The summed E-state index contributed by atoms with van der Waals surface area (Å²) in [5, 5.41) is 3.74. The largest absolute Gasteiger partial charge is 0.382 e. The molecule has 2 amide bonds. The molecule has 0 aromatic heterocycles. The monoisotopic (exact) mass is 409 g/mol. The summed E-state index contributed by atoms with van der Waals surface area (Å²) in [6.45, 7) is 10.5. The molecule has 1 aromatic rings. The van der Waals surface area contributed by atoms with E-state index < -0.39 is 12.0 Å². The molecular formula is C20H28FN3O5. The Morgan fingerprint density at radius 3 is 2.48 bits per heavy atom. The lowest BCUT2D eigenvalue weighted by atomic mass is 10.0. The molecule has 0 aliphatic carbocycles. The third-order valence-corrected chi connectivity index (χ3v) is 4.06. The Kier molecular flexibility index (Phi) is 9.98. The van der Waals surface area contributed by atoms with E-state index in [2.05, 4.69) is 35.6 Å². The van der Waals surface area contributed by atoms with Crippen molar-refractivity contribution in [3.8, 4) is 0 Å².